The lowest BCUT2D eigenvalue weighted by Gasteiger charge is -2.16. The molecule has 1 aromatic heterocycles. The Bertz CT molecular complexity index is 1040. The van der Waals surface area contributed by atoms with Crippen LogP contribution < -0.4 is 14.8 Å². The Hall–Kier alpha value is -3.33. The highest BCUT2D eigenvalue weighted by Gasteiger charge is 2.20. The van der Waals surface area contributed by atoms with E-state index in [4.69, 9.17) is 9.47 Å². The lowest BCUT2D eigenvalue weighted by Crippen LogP contribution is -2.15. The Morgan fingerprint density at radius 3 is 2.71 bits per heavy atom. The first-order valence-corrected chi connectivity index (χ1v) is 10.5. The zero-order chi connectivity index (χ0) is 22.2. The van der Waals surface area contributed by atoms with Crippen molar-refractivity contribution >= 4 is 23.4 Å². The summed E-state index contributed by atoms with van der Waals surface area (Å²) in [7, 11) is 1.60. The number of amides is 1. The third-order valence-electron chi connectivity index (χ3n) is 4.24. The van der Waals surface area contributed by atoms with E-state index in [1.807, 2.05) is 29.7 Å². The summed E-state index contributed by atoms with van der Waals surface area (Å²) in [6.45, 7) is 6.13. The zero-order valence-electron chi connectivity index (χ0n) is 17.2. The highest BCUT2D eigenvalue weighted by Crippen LogP contribution is 2.27. The zero-order valence-corrected chi connectivity index (χ0v) is 18.1. The van der Waals surface area contributed by atoms with Gasteiger partial charge >= 0.3 is 0 Å². The van der Waals surface area contributed by atoms with E-state index in [0.717, 1.165) is 0 Å². The molecular weight excluding hydrogens is 419 g/mol. The molecule has 0 saturated heterocycles. The van der Waals surface area contributed by atoms with Gasteiger partial charge in [0.15, 0.2) is 17.1 Å². The van der Waals surface area contributed by atoms with Gasteiger partial charge < -0.3 is 14.8 Å². The summed E-state index contributed by atoms with van der Waals surface area (Å²) in [6.07, 6.45) is 1.34. The maximum absolute atomic E-state index is 13.0. The normalized spacial score (nSPS) is 11.6. The van der Waals surface area contributed by atoms with Crippen LogP contribution in [0.4, 0.5) is 10.1 Å². The number of benzene rings is 2. The first-order valence-electron chi connectivity index (χ1n) is 9.53. The molecule has 162 valence electrons. The smallest absolute Gasteiger partial charge is 0.234 e. The molecule has 3 rings (SSSR count). The molecule has 0 bridgehead atoms. The third-order valence-corrected chi connectivity index (χ3v) is 5.20. The Balaban J connectivity index is 1.66. The van der Waals surface area contributed by atoms with Gasteiger partial charge in [0.05, 0.1) is 12.9 Å². The van der Waals surface area contributed by atoms with E-state index in [1.165, 1.54) is 36.0 Å². The molecule has 0 aliphatic carbocycles. The number of nitrogens with zero attached hydrogens (tertiary/aromatic N) is 3. The first-order chi connectivity index (χ1) is 15.0. The van der Waals surface area contributed by atoms with Crippen molar-refractivity contribution in [3.8, 4) is 11.5 Å². The maximum Gasteiger partial charge on any atom is 0.234 e. The highest BCUT2D eigenvalue weighted by molar-refractivity contribution is 7.99. The fourth-order valence-corrected chi connectivity index (χ4v) is 3.55. The molecule has 2 aromatic carbocycles. The predicted molar refractivity (Wildman–Crippen MR) is 118 cm³/mol. The Morgan fingerprint density at radius 2 is 2.00 bits per heavy atom. The first kappa shape index (κ1) is 22.4. The van der Waals surface area contributed by atoms with Crippen molar-refractivity contribution in [2.45, 2.75) is 24.7 Å². The van der Waals surface area contributed by atoms with Crippen molar-refractivity contribution in [2.24, 2.45) is 0 Å². The monoisotopic (exact) mass is 442 g/mol. The van der Waals surface area contributed by atoms with Crippen LogP contribution in [0.5, 0.6) is 11.5 Å². The number of methoxy groups -OCH3 is 1. The molecule has 31 heavy (non-hydrogen) atoms. The average molecular weight is 443 g/mol. The van der Waals surface area contributed by atoms with Crippen molar-refractivity contribution in [1.82, 2.24) is 14.8 Å². The van der Waals surface area contributed by atoms with E-state index >= 15 is 0 Å². The van der Waals surface area contributed by atoms with E-state index in [1.54, 1.807) is 19.3 Å². The number of halogens is 1. The van der Waals surface area contributed by atoms with Gasteiger partial charge in [-0.25, -0.2) is 4.39 Å². The fraction of sp³-hybridized carbons (Fsp3) is 0.227. The third kappa shape index (κ3) is 6.08. The lowest BCUT2D eigenvalue weighted by molar-refractivity contribution is -0.113. The minimum atomic E-state index is -0.387. The molecule has 0 spiro atoms. The van der Waals surface area contributed by atoms with Gasteiger partial charge in [-0.05, 0) is 43.3 Å². The molecule has 1 amide bonds. The number of allylic oxidation sites excluding steroid dienone is 1. The van der Waals surface area contributed by atoms with Crippen molar-refractivity contribution in [3.05, 3.63) is 72.8 Å². The van der Waals surface area contributed by atoms with Gasteiger partial charge in [-0.15, -0.1) is 16.8 Å². The van der Waals surface area contributed by atoms with Gasteiger partial charge in [-0.3, -0.25) is 9.36 Å². The van der Waals surface area contributed by atoms with Crippen molar-refractivity contribution in [3.63, 3.8) is 0 Å². The van der Waals surface area contributed by atoms with E-state index < -0.39 is 0 Å². The summed E-state index contributed by atoms with van der Waals surface area (Å²) < 4.78 is 26.1. The second-order valence-electron chi connectivity index (χ2n) is 6.52. The van der Waals surface area contributed by atoms with E-state index in [0.29, 0.717) is 34.7 Å². The van der Waals surface area contributed by atoms with Gasteiger partial charge in [0, 0.05) is 18.3 Å². The molecule has 0 fully saturated rings. The fourth-order valence-electron chi connectivity index (χ4n) is 2.80. The molecule has 0 aliphatic rings. The van der Waals surface area contributed by atoms with E-state index in [9.17, 15) is 9.18 Å². The Morgan fingerprint density at radius 1 is 1.26 bits per heavy atom. The summed E-state index contributed by atoms with van der Waals surface area (Å²) in [5, 5.41) is 11.8. The van der Waals surface area contributed by atoms with Crippen LogP contribution in [0.15, 0.2) is 66.3 Å². The number of aromatic nitrogens is 3. The average Bonchev–Trinajstić information content (AvgIpc) is 3.17. The number of thioether (sulfide) groups is 1. The Labute approximate surface area is 184 Å². The number of anilines is 1. The molecule has 0 radical (unpaired) electrons. The minimum absolute atomic E-state index is 0.123. The van der Waals surface area contributed by atoms with Crippen LogP contribution in [-0.2, 0) is 11.3 Å². The molecule has 1 unspecified atom stereocenters. The molecule has 1 atom stereocenters. The number of carbonyl (C=O) groups is 1. The number of nitrogens with one attached hydrogen (secondary N) is 1. The van der Waals surface area contributed by atoms with E-state index in [-0.39, 0.29) is 23.6 Å². The molecule has 3 aromatic rings. The standard InChI is InChI=1S/C22H23FN4O3S/c1-4-12-27-21(15(2)30-19-7-5-6-18(13-19)29-3)25-26-22(27)31-14-20(28)24-17-10-8-16(23)9-11-17/h4-11,13,15H,1,12,14H2,2-3H3,(H,24,28). The molecule has 1 N–H and O–H groups in total. The molecule has 9 heteroatoms. The SMILES string of the molecule is C=CCn1c(SCC(=O)Nc2ccc(F)cc2)nnc1C(C)Oc1cccc(OC)c1. The van der Waals surface area contributed by atoms with Gasteiger partial charge in [0.2, 0.25) is 5.91 Å². The topological polar surface area (TPSA) is 78.3 Å². The molecule has 0 aliphatic heterocycles. The summed E-state index contributed by atoms with van der Waals surface area (Å²) in [4.78, 5) is 12.2. The van der Waals surface area contributed by atoms with Gasteiger partial charge in [0.25, 0.3) is 0 Å². The second kappa shape index (κ2) is 10.6. The van der Waals surface area contributed by atoms with Gasteiger partial charge in [-0.1, -0.05) is 23.9 Å². The largest absolute Gasteiger partial charge is 0.497 e. The Kier molecular flexibility index (Phi) is 7.66. The molecule has 0 saturated carbocycles. The second-order valence-corrected chi connectivity index (χ2v) is 7.47. The quantitative estimate of drug-likeness (QED) is 0.368. The van der Waals surface area contributed by atoms with Crippen LogP contribution in [0, 0.1) is 5.82 Å². The molecule has 7 nitrogen and oxygen atoms in total. The van der Waals surface area contributed by atoms with Crippen LogP contribution in [0.25, 0.3) is 0 Å². The van der Waals surface area contributed by atoms with Crippen LogP contribution in [0.3, 0.4) is 0 Å². The van der Waals surface area contributed by atoms with Crippen LogP contribution in [-0.4, -0.2) is 33.5 Å². The maximum atomic E-state index is 13.0. The molecule has 1 heterocycles. The van der Waals surface area contributed by atoms with Crippen LogP contribution in [0.2, 0.25) is 0 Å². The van der Waals surface area contributed by atoms with Gasteiger partial charge in [0.1, 0.15) is 17.3 Å². The number of carbonyl (C=O) groups excluding carboxylic acids is 1. The van der Waals surface area contributed by atoms with Crippen molar-refractivity contribution < 1.29 is 18.7 Å². The molecular formula is C22H23FN4O3S. The van der Waals surface area contributed by atoms with Crippen molar-refractivity contribution in [2.75, 3.05) is 18.2 Å². The van der Waals surface area contributed by atoms with E-state index in [2.05, 4.69) is 22.1 Å². The lowest BCUT2D eigenvalue weighted by atomic mass is 10.3. The minimum Gasteiger partial charge on any atom is -0.497 e. The summed E-state index contributed by atoms with van der Waals surface area (Å²) in [5.74, 6) is 1.49. The van der Waals surface area contributed by atoms with Gasteiger partial charge in [-0.2, -0.15) is 0 Å². The number of rotatable bonds is 10. The number of hydrogen-bond acceptors (Lipinski definition) is 6. The number of hydrogen-bond donors (Lipinski definition) is 1. The summed E-state index contributed by atoms with van der Waals surface area (Å²) in [5.41, 5.74) is 0.528. The summed E-state index contributed by atoms with van der Waals surface area (Å²) in [6, 6.07) is 12.9. The number of ether oxygens (including phenoxy) is 2. The predicted octanol–water partition coefficient (Wildman–Crippen LogP) is 4.48. The van der Waals surface area contributed by atoms with Crippen LogP contribution in [0.1, 0.15) is 18.9 Å². The summed E-state index contributed by atoms with van der Waals surface area (Å²) >= 11 is 1.25. The highest BCUT2D eigenvalue weighted by atomic mass is 32.2. The van der Waals surface area contributed by atoms with Crippen LogP contribution >= 0.6 is 11.8 Å². The van der Waals surface area contributed by atoms with Crippen molar-refractivity contribution in [1.29, 1.82) is 0 Å².